The summed E-state index contributed by atoms with van der Waals surface area (Å²) in [5.74, 6) is 0.901. The first kappa shape index (κ1) is 14.9. The molecular formula is C17H15ClINO. The molecule has 1 atom stereocenters. The van der Waals surface area contributed by atoms with Gasteiger partial charge in [0.05, 0.1) is 6.04 Å². The van der Waals surface area contributed by atoms with Gasteiger partial charge in [-0.2, -0.15) is 0 Å². The molecule has 0 aliphatic heterocycles. The maximum Gasteiger partial charge on any atom is 0.134 e. The molecule has 108 valence electrons. The normalized spacial score (nSPS) is 12.8. The fourth-order valence-corrected chi connectivity index (χ4v) is 3.34. The Morgan fingerprint density at radius 3 is 2.71 bits per heavy atom. The number of hydrogen-bond acceptors (Lipinski definition) is 2. The second-order valence-corrected chi connectivity index (χ2v) is 6.68. The molecule has 0 aliphatic rings. The van der Waals surface area contributed by atoms with E-state index in [1.807, 2.05) is 31.3 Å². The van der Waals surface area contributed by atoms with Gasteiger partial charge in [-0.1, -0.05) is 23.2 Å². The zero-order valence-electron chi connectivity index (χ0n) is 11.8. The lowest BCUT2D eigenvalue weighted by Gasteiger charge is -2.16. The summed E-state index contributed by atoms with van der Waals surface area (Å²) in [4.78, 5) is 0. The van der Waals surface area contributed by atoms with Crippen LogP contribution in [0.2, 0.25) is 5.02 Å². The van der Waals surface area contributed by atoms with E-state index < -0.39 is 0 Å². The zero-order chi connectivity index (χ0) is 15.0. The van der Waals surface area contributed by atoms with Crippen LogP contribution in [0.15, 0.2) is 46.9 Å². The van der Waals surface area contributed by atoms with Gasteiger partial charge in [-0.3, -0.25) is 0 Å². The minimum Gasteiger partial charge on any atom is -0.459 e. The third-order valence-corrected chi connectivity index (χ3v) is 4.75. The van der Waals surface area contributed by atoms with Gasteiger partial charge in [0, 0.05) is 14.0 Å². The molecule has 3 rings (SSSR count). The molecule has 1 N–H and O–H groups in total. The summed E-state index contributed by atoms with van der Waals surface area (Å²) in [6, 6.07) is 14.2. The Hall–Kier alpha value is -1.04. The van der Waals surface area contributed by atoms with E-state index in [2.05, 4.69) is 53.0 Å². The second-order valence-electron chi connectivity index (χ2n) is 5.08. The van der Waals surface area contributed by atoms with Crippen LogP contribution in [0, 0.1) is 10.5 Å². The van der Waals surface area contributed by atoms with Gasteiger partial charge in [0.25, 0.3) is 0 Å². The largest absolute Gasteiger partial charge is 0.459 e. The Labute approximate surface area is 142 Å². The van der Waals surface area contributed by atoms with E-state index in [0.717, 1.165) is 30.9 Å². The molecular weight excluding hydrogens is 397 g/mol. The highest BCUT2D eigenvalue weighted by Gasteiger charge is 2.19. The highest BCUT2D eigenvalue weighted by Crippen LogP contribution is 2.32. The van der Waals surface area contributed by atoms with Gasteiger partial charge < -0.3 is 9.73 Å². The molecule has 4 heteroatoms. The van der Waals surface area contributed by atoms with Gasteiger partial charge in [0.15, 0.2) is 0 Å². The van der Waals surface area contributed by atoms with E-state index >= 15 is 0 Å². The smallest absolute Gasteiger partial charge is 0.134 e. The number of benzene rings is 2. The predicted octanol–water partition coefficient (Wildman–Crippen LogP) is 5.31. The first-order valence-corrected chi connectivity index (χ1v) is 8.16. The molecule has 0 spiro atoms. The van der Waals surface area contributed by atoms with Crippen molar-refractivity contribution in [2.45, 2.75) is 13.0 Å². The van der Waals surface area contributed by atoms with E-state index in [-0.39, 0.29) is 6.04 Å². The van der Waals surface area contributed by atoms with Crippen molar-refractivity contribution in [1.82, 2.24) is 5.32 Å². The second kappa shape index (κ2) is 5.99. The molecule has 0 saturated carbocycles. The first-order valence-electron chi connectivity index (χ1n) is 6.71. The van der Waals surface area contributed by atoms with Crippen LogP contribution in [-0.2, 0) is 0 Å². The fraction of sp³-hybridized carbons (Fsp3) is 0.176. The van der Waals surface area contributed by atoms with Crippen LogP contribution in [-0.4, -0.2) is 7.05 Å². The monoisotopic (exact) mass is 411 g/mol. The van der Waals surface area contributed by atoms with E-state index in [1.54, 1.807) is 0 Å². The number of nitrogens with one attached hydrogen (secondary N) is 1. The van der Waals surface area contributed by atoms with Gasteiger partial charge in [0.1, 0.15) is 11.3 Å². The molecule has 0 saturated heterocycles. The summed E-state index contributed by atoms with van der Waals surface area (Å²) in [6.07, 6.45) is 0. The van der Waals surface area contributed by atoms with Gasteiger partial charge in [-0.05, 0) is 78.5 Å². The molecule has 0 bridgehead atoms. The van der Waals surface area contributed by atoms with Crippen LogP contribution in [0.25, 0.3) is 11.0 Å². The van der Waals surface area contributed by atoms with Crippen LogP contribution in [0.4, 0.5) is 0 Å². The maximum atomic E-state index is 6.14. The Morgan fingerprint density at radius 2 is 1.95 bits per heavy atom. The Bertz CT molecular complexity index is 797. The average Bonchev–Trinajstić information content (AvgIpc) is 2.86. The molecule has 1 unspecified atom stereocenters. The zero-order valence-corrected chi connectivity index (χ0v) is 14.7. The van der Waals surface area contributed by atoms with Crippen molar-refractivity contribution in [3.63, 3.8) is 0 Å². The number of fused-ring (bicyclic) bond motifs is 1. The molecule has 2 aromatic carbocycles. The summed E-state index contributed by atoms with van der Waals surface area (Å²) >= 11 is 8.47. The minimum absolute atomic E-state index is 0.0108. The van der Waals surface area contributed by atoms with Crippen LogP contribution in [0.5, 0.6) is 0 Å². The van der Waals surface area contributed by atoms with E-state index in [0.29, 0.717) is 0 Å². The molecule has 21 heavy (non-hydrogen) atoms. The molecule has 1 heterocycles. The highest BCUT2D eigenvalue weighted by atomic mass is 127. The van der Waals surface area contributed by atoms with Crippen molar-refractivity contribution >= 4 is 45.2 Å². The summed E-state index contributed by atoms with van der Waals surface area (Å²) in [7, 11) is 1.93. The van der Waals surface area contributed by atoms with Gasteiger partial charge >= 0.3 is 0 Å². The summed E-state index contributed by atoms with van der Waals surface area (Å²) in [6.45, 7) is 2.08. The van der Waals surface area contributed by atoms with Gasteiger partial charge in [0.2, 0.25) is 0 Å². The lowest BCUT2D eigenvalue weighted by atomic mass is 10.0. The third kappa shape index (κ3) is 2.96. The number of rotatable bonds is 3. The van der Waals surface area contributed by atoms with Gasteiger partial charge in [-0.25, -0.2) is 0 Å². The van der Waals surface area contributed by atoms with E-state index in [4.69, 9.17) is 16.0 Å². The quantitative estimate of drug-likeness (QED) is 0.591. The molecule has 0 amide bonds. The molecule has 0 aliphatic carbocycles. The Balaban J connectivity index is 2.11. The SMILES string of the molecule is CNC(c1cc2cc(C)ccc2o1)c1cc(Cl)ccc1I. The van der Waals surface area contributed by atoms with Crippen molar-refractivity contribution in [1.29, 1.82) is 0 Å². The van der Waals surface area contributed by atoms with E-state index in [9.17, 15) is 0 Å². The molecule has 1 aromatic heterocycles. The van der Waals surface area contributed by atoms with Crippen LogP contribution in [0.3, 0.4) is 0 Å². The van der Waals surface area contributed by atoms with Crippen LogP contribution in [0.1, 0.15) is 22.9 Å². The Kier molecular flexibility index (Phi) is 4.24. The van der Waals surface area contributed by atoms with Crippen molar-refractivity contribution in [3.05, 3.63) is 67.9 Å². The third-order valence-electron chi connectivity index (χ3n) is 3.53. The maximum absolute atomic E-state index is 6.14. The number of halogens is 2. The molecule has 0 fully saturated rings. The molecule has 0 radical (unpaired) electrons. The number of aryl methyl sites for hydroxylation is 1. The predicted molar refractivity (Wildman–Crippen MR) is 96.0 cm³/mol. The van der Waals surface area contributed by atoms with Crippen LogP contribution >= 0.6 is 34.2 Å². The summed E-state index contributed by atoms with van der Waals surface area (Å²) < 4.78 is 7.18. The van der Waals surface area contributed by atoms with Crippen molar-refractivity contribution in [3.8, 4) is 0 Å². The lowest BCUT2D eigenvalue weighted by molar-refractivity contribution is 0.490. The van der Waals surface area contributed by atoms with Gasteiger partial charge in [-0.15, -0.1) is 0 Å². The summed E-state index contributed by atoms with van der Waals surface area (Å²) in [5, 5.41) is 5.18. The van der Waals surface area contributed by atoms with Crippen molar-refractivity contribution < 1.29 is 4.42 Å². The average molecular weight is 412 g/mol. The number of furan rings is 1. The minimum atomic E-state index is -0.0108. The topological polar surface area (TPSA) is 25.2 Å². The highest BCUT2D eigenvalue weighted by molar-refractivity contribution is 14.1. The molecule has 2 nitrogen and oxygen atoms in total. The van der Waals surface area contributed by atoms with Crippen LogP contribution < -0.4 is 5.32 Å². The van der Waals surface area contributed by atoms with Crippen molar-refractivity contribution in [2.75, 3.05) is 7.05 Å². The lowest BCUT2D eigenvalue weighted by Crippen LogP contribution is -2.18. The summed E-state index contributed by atoms with van der Waals surface area (Å²) in [5.41, 5.74) is 3.27. The van der Waals surface area contributed by atoms with E-state index in [1.165, 1.54) is 5.56 Å². The standard InChI is InChI=1S/C17H15ClINO/c1-10-3-6-15-11(7-10)8-16(21-15)17(20-2)13-9-12(18)4-5-14(13)19/h3-9,17,20H,1-2H3. The molecule has 3 aromatic rings. The first-order chi connectivity index (χ1) is 10.1. The Morgan fingerprint density at radius 1 is 1.14 bits per heavy atom. The number of hydrogen-bond donors (Lipinski definition) is 1. The fourth-order valence-electron chi connectivity index (χ4n) is 2.51. The van der Waals surface area contributed by atoms with Crippen molar-refractivity contribution in [2.24, 2.45) is 0 Å².